The Morgan fingerprint density at radius 1 is 0.897 bits per heavy atom. The molecular weight excluding hydrogens is 385 g/mol. The predicted octanol–water partition coefficient (Wildman–Crippen LogP) is 2.84. The monoisotopic (exact) mass is 406 g/mol. The first-order valence-electron chi connectivity index (χ1n) is 9.66. The van der Waals surface area contributed by atoms with Crippen LogP contribution in [0.3, 0.4) is 0 Å². The minimum atomic E-state index is -4.59. The molecule has 2 aliphatic heterocycles. The van der Waals surface area contributed by atoms with Crippen molar-refractivity contribution in [2.45, 2.75) is 32.0 Å². The van der Waals surface area contributed by atoms with Crippen molar-refractivity contribution in [3.8, 4) is 0 Å². The van der Waals surface area contributed by atoms with Crippen LogP contribution in [0.15, 0.2) is 30.3 Å². The quantitative estimate of drug-likeness (QED) is 0.771. The smallest absolute Gasteiger partial charge is 0.335 e. The molecule has 1 fully saturated rings. The molecule has 6 nitrogen and oxygen atoms in total. The Labute approximate surface area is 165 Å². The number of halogens is 3. The third-order valence-corrected chi connectivity index (χ3v) is 5.45. The molecule has 1 saturated heterocycles. The summed E-state index contributed by atoms with van der Waals surface area (Å²) in [5.41, 5.74) is 0.148. The summed E-state index contributed by atoms with van der Waals surface area (Å²) in [6, 6.07) is 6.61. The lowest BCUT2D eigenvalue weighted by Gasteiger charge is -2.34. The van der Waals surface area contributed by atoms with Gasteiger partial charge in [0.2, 0.25) is 0 Å². The third-order valence-electron chi connectivity index (χ3n) is 5.45. The molecule has 0 bridgehead atoms. The maximum atomic E-state index is 13.2. The van der Waals surface area contributed by atoms with Crippen LogP contribution in [0.1, 0.15) is 44.9 Å². The molecule has 0 N–H and O–H groups in total. The molecule has 0 spiro atoms. The van der Waals surface area contributed by atoms with E-state index in [0.29, 0.717) is 5.69 Å². The Morgan fingerprint density at radius 2 is 1.55 bits per heavy atom. The lowest BCUT2D eigenvalue weighted by molar-refractivity contribution is -0.138. The number of carbonyl (C=O) groups excluding carboxylic acids is 2. The van der Waals surface area contributed by atoms with Crippen LogP contribution < -0.4 is 0 Å². The standard InChI is InChI=1S/C20H21F3N4O2/c21-20(22,23)16-7-2-1-6-15(16)18(28)25-9-11-26(12-10-25)19(29)17-13-14-5-3-4-8-27(14)24-17/h1-2,6-7,13H,3-5,8-12H2. The average molecular weight is 406 g/mol. The van der Waals surface area contributed by atoms with Crippen LogP contribution >= 0.6 is 0 Å². The number of aromatic nitrogens is 2. The molecule has 1 aromatic heterocycles. The molecule has 2 aromatic rings. The van der Waals surface area contributed by atoms with Gasteiger partial charge in [-0.3, -0.25) is 14.3 Å². The number of hydrogen-bond donors (Lipinski definition) is 0. The van der Waals surface area contributed by atoms with Gasteiger partial charge in [-0.1, -0.05) is 12.1 Å². The van der Waals surface area contributed by atoms with E-state index in [9.17, 15) is 22.8 Å². The van der Waals surface area contributed by atoms with Crippen LogP contribution in [-0.4, -0.2) is 57.6 Å². The molecule has 29 heavy (non-hydrogen) atoms. The van der Waals surface area contributed by atoms with Gasteiger partial charge in [0.25, 0.3) is 11.8 Å². The normalized spacial score (nSPS) is 17.2. The summed E-state index contributed by atoms with van der Waals surface area (Å²) in [5.74, 6) is -0.864. The molecule has 0 aliphatic carbocycles. The zero-order valence-electron chi connectivity index (χ0n) is 15.8. The molecule has 2 aliphatic rings. The van der Waals surface area contributed by atoms with E-state index in [1.165, 1.54) is 23.1 Å². The van der Waals surface area contributed by atoms with Gasteiger partial charge in [-0.25, -0.2) is 0 Å². The molecule has 1 aromatic carbocycles. The first-order valence-corrected chi connectivity index (χ1v) is 9.66. The zero-order valence-corrected chi connectivity index (χ0v) is 15.8. The van der Waals surface area contributed by atoms with E-state index < -0.39 is 17.6 Å². The number of aryl methyl sites for hydroxylation is 2. The summed E-state index contributed by atoms with van der Waals surface area (Å²) >= 11 is 0. The van der Waals surface area contributed by atoms with Crippen LogP contribution in [0.25, 0.3) is 0 Å². The minimum Gasteiger partial charge on any atom is -0.335 e. The molecule has 154 valence electrons. The van der Waals surface area contributed by atoms with E-state index in [0.717, 1.165) is 37.6 Å². The molecule has 0 radical (unpaired) electrons. The summed E-state index contributed by atoms with van der Waals surface area (Å²) in [7, 11) is 0. The molecular formula is C20H21F3N4O2. The van der Waals surface area contributed by atoms with Crippen LogP contribution in [0.2, 0.25) is 0 Å². The first-order chi connectivity index (χ1) is 13.8. The number of piperazine rings is 1. The van der Waals surface area contributed by atoms with Crippen molar-refractivity contribution in [2.75, 3.05) is 26.2 Å². The number of fused-ring (bicyclic) bond motifs is 1. The molecule has 3 heterocycles. The number of benzene rings is 1. The Balaban J connectivity index is 1.43. The molecule has 0 saturated carbocycles. The summed E-state index contributed by atoms with van der Waals surface area (Å²) in [6.07, 6.45) is -1.56. The van der Waals surface area contributed by atoms with Gasteiger partial charge in [0.1, 0.15) is 0 Å². The van der Waals surface area contributed by atoms with Crippen molar-refractivity contribution in [1.29, 1.82) is 0 Å². The molecule has 2 amide bonds. The number of rotatable bonds is 2. The van der Waals surface area contributed by atoms with E-state index in [1.54, 1.807) is 4.90 Å². The van der Waals surface area contributed by atoms with Crippen LogP contribution in [-0.2, 0) is 19.1 Å². The summed E-state index contributed by atoms with van der Waals surface area (Å²) in [6.45, 7) is 1.71. The lowest BCUT2D eigenvalue weighted by Crippen LogP contribution is -2.51. The van der Waals surface area contributed by atoms with Gasteiger partial charge in [0.05, 0.1) is 11.1 Å². The van der Waals surface area contributed by atoms with E-state index in [-0.39, 0.29) is 37.6 Å². The summed E-state index contributed by atoms with van der Waals surface area (Å²) < 4.78 is 41.5. The number of amides is 2. The topological polar surface area (TPSA) is 58.4 Å². The van der Waals surface area contributed by atoms with Crippen molar-refractivity contribution >= 4 is 11.8 Å². The van der Waals surface area contributed by atoms with Gasteiger partial charge in [-0.2, -0.15) is 18.3 Å². The highest BCUT2D eigenvalue weighted by Crippen LogP contribution is 2.32. The number of hydrogen-bond acceptors (Lipinski definition) is 3. The van der Waals surface area contributed by atoms with Crippen molar-refractivity contribution in [3.05, 3.63) is 52.8 Å². The highest BCUT2D eigenvalue weighted by molar-refractivity contribution is 5.96. The van der Waals surface area contributed by atoms with Crippen LogP contribution in [0.5, 0.6) is 0 Å². The zero-order chi connectivity index (χ0) is 20.6. The third kappa shape index (κ3) is 3.86. The van der Waals surface area contributed by atoms with E-state index in [1.807, 2.05) is 10.7 Å². The van der Waals surface area contributed by atoms with Crippen molar-refractivity contribution in [1.82, 2.24) is 19.6 Å². The molecule has 4 rings (SSSR count). The van der Waals surface area contributed by atoms with Gasteiger partial charge in [-0.05, 0) is 37.5 Å². The van der Waals surface area contributed by atoms with Gasteiger partial charge in [0, 0.05) is 38.4 Å². The molecule has 9 heteroatoms. The van der Waals surface area contributed by atoms with Crippen LogP contribution in [0.4, 0.5) is 13.2 Å². The second kappa shape index (κ2) is 7.53. The van der Waals surface area contributed by atoms with E-state index in [4.69, 9.17) is 0 Å². The summed E-state index contributed by atoms with van der Waals surface area (Å²) in [4.78, 5) is 28.4. The van der Waals surface area contributed by atoms with E-state index >= 15 is 0 Å². The van der Waals surface area contributed by atoms with Crippen LogP contribution in [0, 0.1) is 0 Å². The van der Waals surface area contributed by atoms with E-state index in [2.05, 4.69) is 5.10 Å². The highest BCUT2D eigenvalue weighted by Gasteiger charge is 2.36. The minimum absolute atomic E-state index is 0.185. The van der Waals surface area contributed by atoms with Gasteiger partial charge < -0.3 is 9.80 Å². The molecule has 0 unspecified atom stereocenters. The SMILES string of the molecule is O=C(c1cc2n(n1)CCCC2)N1CCN(C(=O)c2ccccc2C(F)(F)F)CC1. The fourth-order valence-corrected chi connectivity index (χ4v) is 3.88. The fraction of sp³-hybridized carbons (Fsp3) is 0.450. The Bertz CT molecular complexity index is 907. The Morgan fingerprint density at radius 3 is 2.21 bits per heavy atom. The predicted molar refractivity (Wildman–Crippen MR) is 98.4 cm³/mol. The van der Waals surface area contributed by atoms with Crippen molar-refractivity contribution in [2.24, 2.45) is 0 Å². The van der Waals surface area contributed by atoms with Crippen molar-refractivity contribution in [3.63, 3.8) is 0 Å². The van der Waals surface area contributed by atoms with Gasteiger partial charge >= 0.3 is 6.18 Å². The highest BCUT2D eigenvalue weighted by atomic mass is 19.4. The maximum Gasteiger partial charge on any atom is 0.417 e. The Hall–Kier alpha value is -2.84. The lowest BCUT2D eigenvalue weighted by atomic mass is 10.1. The second-order valence-corrected chi connectivity index (χ2v) is 7.33. The number of carbonyl (C=O) groups is 2. The average Bonchev–Trinajstić information content (AvgIpc) is 3.16. The summed E-state index contributed by atoms with van der Waals surface area (Å²) in [5, 5.41) is 4.39. The molecule has 0 atom stereocenters. The number of alkyl halides is 3. The second-order valence-electron chi connectivity index (χ2n) is 7.33. The Kier molecular flexibility index (Phi) is 5.06. The van der Waals surface area contributed by atoms with Gasteiger partial charge in [0.15, 0.2) is 5.69 Å². The van der Waals surface area contributed by atoms with Crippen molar-refractivity contribution < 1.29 is 22.8 Å². The number of nitrogens with zero attached hydrogens (tertiary/aromatic N) is 4. The first kappa shape index (κ1) is 19.5. The largest absolute Gasteiger partial charge is 0.417 e. The fourth-order valence-electron chi connectivity index (χ4n) is 3.88. The maximum absolute atomic E-state index is 13.2. The van der Waals surface area contributed by atoms with Gasteiger partial charge in [-0.15, -0.1) is 0 Å².